The minimum atomic E-state index is 0.329. The van der Waals surface area contributed by atoms with E-state index < -0.39 is 0 Å². The van der Waals surface area contributed by atoms with Crippen LogP contribution in [-0.4, -0.2) is 11.0 Å². The monoisotopic (exact) mass is 170 g/mol. The van der Waals surface area contributed by atoms with Crippen LogP contribution in [0.25, 0.3) is 0 Å². The van der Waals surface area contributed by atoms with E-state index in [0.717, 1.165) is 19.3 Å². The largest absolute Gasteiger partial charge is 0.328 e. The summed E-state index contributed by atoms with van der Waals surface area (Å²) in [4.78, 5) is 4.19. The van der Waals surface area contributed by atoms with E-state index in [0.29, 0.717) is 6.04 Å². The second-order valence-corrected chi connectivity index (χ2v) is 3.77. The molecule has 1 atom stereocenters. The first-order valence-electron chi connectivity index (χ1n) is 3.93. The molecule has 1 rings (SSSR count). The van der Waals surface area contributed by atoms with Gasteiger partial charge in [0.2, 0.25) is 0 Å². The maximum absolute atomic E-state index is 5.61. The van der Waals surface area contributed by atoms with Crippen LogP contribution in [0, 0.1) is 0 Å². The number of nitrogens with two attached hydrogens (primary N) is 1. The number of thiazole rings is 1. The Morgan fingerprint density at radius 1 is 1.73 bits per heavy atom. The summed E-state index contributed by atoms with van der Waals surface area (Å²) in [6.07, 6.45) is 5.19. The first-order valence-corrected chi connectivity index (χ1v) is 4.81. The lowest BCUT2D eigenvalue weighted by Crippen LogP contribution is -2.14. The van der Waals surface area contributed by atoms with Crippen LogP contribution in [0.4, 0.5) is 0 Å². The van der Waals surface area contributed by atoms with E-state index in [1.807, 2.05) is 18.5 Å². The van der Waals surface area contributed by atoms with Gasteiger partial charge in [-0.3, -0.25) is 0 Å². The number of aryl methyl sites for hydroxylation is 1. The highest BCUT2D eigenvalue weighted by atomic mass is 32.1. The Morgan fingerprint density at radius 3 is 3.09 bits per heavy atom. The van der Waals surface area contributed by atoms with Gasteiger partial charge in [0.25, 0.3) is 0 Å². The van der Waals surface area contributed by atoms with Crippen LogP contribution >= 0.6 is 11.3 Å². The van der Waals surface area contributed by atoms with Crippen LogP contribution in [0.3, 0.4) is 0 Å². The molecule has 11 heavy (non-hydrogen) atoms. The van der Waals surface area contributed by atoms with E-state index in [-0.39, 0.29) is 0 Å². The topological polar surface area (TPSA) is 38.9 Å². The molecule has 1 unspecified atom stereocenters. The third kappa shape index (κ3) is 3.49. The van der Waals surface area contributed by atoms with Gasteiger partial charge in [0.15, 0.2) is 0 Å². The smallest absolute Gasteiger partial charge is 0.0924 e. The van der Waals surface area contributed by atoms with Crippen LogP contribution in [0.2, 0.25) is 0 Å². The number of hydrogen-bond acceptors (Lipinski definition) is 3. The van der Waals surface area contributed by atoms with Crippen molar-refractivity contribution in [1.29, 1.82) is 0 Å². The van der Waals surface area contributed by atoms with Crippen molar-refractivity contribution in [3.8, 4) is 0 Å². The number of hydrogen-bond donors (Lipinski definition) is 1. The standard InChI is InChI=1S/C8H14N2S/c1-7(9)3-2-4-8-10-5-6-11-8/h5-7H,2-4,9H2,1H3. The van der Waals surface area contributed by atoms with Gasteiger partial charge in [-0.25, -0.2) is 4.98 Å². The molecule has 0 radical (unpaired) electrons. The molecule has 0 aromatic carbocycles. The van der Waals surface area contributed by atoms with E-state index in [2.05, 4.69) is 4.98 Å². The molecule has 0 fully saturated rings. The van der Waals surface area contributed by atoms with Gasteiger partial charge in [0.1, 0.15) is 0 Å². The Balaban J connectivity index is 2.14. The average molecular weight is 170 g/mol. The molecule has 0 aliphatic heterocycles. The summed E-state index contributed by atoms with van der Waals surface area (Å²) in [6, 6.07) is 0.329. The zero-order valence-electron chi connectivity index (χ0n) is 6.79. The van der Waals surface area contributed by atoms with E-state index in [9.17, 15) is 0 Å². The minimum Gasteiger partial charge on any atom is -0.328 e. The normalized spacial score (nSPS) is 13.3. The first-order chi connectivity index (χ1) is 5.29. The average Bonchev–Trinajstić information content (AvgIpc) is 2.39. The van der Waals surface area contributed by atoms with E-state index >= 15 is 0 Å². The van der Waals surface area contributed by atoms with E-state index in [1.165, 1.54) is 5.01 Å². The molecule has 1 aromatic heterocycles. The first kappa shape index (κ1) is 8.68. The van der Waals surface area contributed by atoms with Gasteiger partial charge in [-0.15, -0.1) is 11.3 Å². The summed E-state index contributed by atoms with van der Waals surface area (Å²) in [5, 5.41) is 3.24. The highest BCUT2D eigenvalue weighted by Gasteiger charge is 1.97. The zero-order valence-corrected chi connectivity index (χ0v) is 7.60. The molecule has 2 N–H and O–H groups in total. The fraction of sp³-hybridized carbons (Fsp3) is 0.625. The molecule has 2 nitrogen and oxygen atoms in total. The molecule has 3 heteroatoms. The number of aromatic nitrogens is 1. The van der Waals surface area contributed by atoms with Gasteiger partial charge in [-0.1, -0.05) is 0 Å². The molecule has 0 bridgehead atoms. The van der Waals surface area contributed by atoms with Crippen LogP contribution in [0.15, 0.2) is 11.6 Å². The number of nitrogens with zero attached hydrogens (tertiary/aromatic N) is 1. The van der Waals surface area contributed by atoms with Gasteiger partial charge in [-0.2, -0.15) is 0 Å². The molecule has 0 aliphatic rings. The van der Waals surface area contributed by atoms with Crippen molar-refractivity contribution in [1.82, 2.24) is 4.98 Å². The predicted octanol–water partition coefficient (Wildman–Crippen LogP) is 1.81. The molecule has 0 aliphatic carbocycles. The van der Waals surface area contributed by atoms with Crippen molar-refractivity contribution < 1.29 is 0 Å². The molecule has 62 valence electrons. The second kappa shape index (κ2) is 4.46. The molecule has 0 amide bonds. The maximum atomic E-state index is 5.61. The lowest BCUT2D eigenvalue weighted by molar-refractivity contribution is 0.623. The van der Waals surface area contributed by atoms with Crippen LogP contribution < -0.4 is 5.73 Å². The second-order valence-electron chi connectivity index (χ2n) is 2.80. The van der Waals surface area contributed by atoms with Crippen LogP contribution in [0.5, 0.6) is 0 Å². The molecule has 1 heterocycles. The Labute approximate surface area is 71.5 Å². The molecule has 0 saturated carbocycles. The summed E-state index contributed by atoms with van der Waals surface area (Å²) in [6.45, 7) is 2.04. The SMILES string of the molecule is CC(N)CCCc1nccs1. The van der Waals surface area contributed by atoms with Crippen molar-refractivity contribution >= 4 is 11.3 Å². The van der Waals surface area contributed by atoms with Crippen molar-refractivity contribution in [2.75, 3.05) is 0 Å². The van der Waals surface area contributed by atoms with Gasteiger partial charge in [0, 0.05) is 17.6 Å². The lowest BCUT2D eigenvalue weighted by atomic mass is 10.1. The van der Waals surface area contributed by atoms with Crippen molar-refractivity contribution in [2.45, 2.75) is 32.2 Å². The molecular formula is C8H14N2S. The molecule has 1 aromatic rings. The Kier molecular flexibility index (Phi) is 3.52. The van der Waals surface area contributed by atoms with Gasteiger partial charge < -0.3 is 5.73 Å². The van der Waals surface area contributed by atoms with E-state index in [4.69, 9.17) is 5.73 Å². The maximum Gasteiger partial charge on any atom is 0.0924 e. The Hall–Kier alpha value is -0.410. The van der Waals surface area contributed by atoms with Crippen LogP contribution in [-0.2, 0) is 6.42 Å². The summed E-state index contributed by atoms with van der Waals surface area (Å²) >= 11 is 1.72. The quantitative estimate of drug-likeness (QED) is 0.748. The van der Waals surface area contributed by atoms with Crippen molar-refractivity contribution in [3.63, 3.8) is 0 Å². The zero-order chi connectivity index (χ0) is 8.10. The fourth-order valence-electron chi connectivity index (χ4n) is 0.952. The van der Waals surface area contributed by atoms with Gasteiger partial charge in [-0.05, 0) is 26.2 Å². The van der Waals surface area contributed by atoms with Crippen LogP contribution in [0.1, 0.15) is 24.8 Å². The molecular weight excluding hydrogens is 156 g/mol. The molecule has 0 saturated heterocycles. The van der Waals surface area contributed by atoms with Crippen molar-refractivity contribution in [3.05, 3.63) is 16.6 Å². The third-order valence-electron chi connectivity index (χ3n) is 1.53. The summed E-state index contributed by atoms with van der Waals surface area (Å²) < 4.78 is 0. The minimum absolute atomic E-state index is 0.329. The fourth-order valence-corrected chi connectivity index (χ4v) is 1.61. The molecule has 0 spiro atoms. The van der Waals surface area contributed by atoms with Crippen molar-refractivity contribution in [2.24, 2.45) is 5.73 Å². The summed E-state index contributed by atoms with van der Waals surface area (Å²) in [5.41, 5.74) is 5.61. The Bertz CT molecular complexity index is 182. The van der Waals surface area contributed by atoms with Gasteiger partial charge in [0.05, 0.1) is 5.01 Å². The summed E-state index contributed by atoms with van der Waals surface area (Å²) in [5.74, 6) is 0. The third-order valence-corrected chi connectivity index (χ3v) is 2.37. The van der Waals surface area contributed by atoms with E-state index in [1.54, 1.807) is 11.3 Å². The highest BCUT2D eigenvalue weighted by Crippen LogP contribution is 2.08. The summed E-state index contributed by atoms with van der Waals surface area (Å²) in [7, 11) is 0. The lowest BCUT2D eigenvalue weighted by Gasteiger charge is -2.01. The van der Waals surface area contributed by atoms with Gasteiger partial charge >= 0.3 is 0 Å². The highest BCUT2D eigenvalue weighted by molar-refractivity contribution is 7.09. The number of rotatable bonds is 4. The Morgan fingerprint density at radius 2 is 2.55 bits per heavy atom. The predicted molar refractivity (Wildman–Crippen MR) is 48.7 cm³/mol.